The number of hydrogen-bond acceptors (Lipinski definition) is 3. The summed E-state index contributed by atoms with van der Waals surface area (Å²) in [7, 11) is 0. The van der Waals surface area contributed by atoms with Crippen LogP contribution < -0.4 is 0 Å². The summed E-state index contributed by atoms with van der Waals surface area (Å²) in [6.45, 7) is 1.24. The number of fused-ring (bicyclic) bond motifs is 3. The third-order valence-corrected chi connectivity index (χ3v) is 5.29. The van der Waals surface area contributed by atoms with Gasteiger partial charge in [0.15, 0.2) is 0 Å². The molecule has 0 unspecified atom stereocenters. The minimum atomic E-state index is -0.900. The van der Waals surface area contributed by atoms with Crippen molar-refractivity contribution in [1.29, 1.82) is 0 Å². The smallest absolute Gasteiger partial charge is 0.310 e. The number of aliphatic carboxylic acids is 1. The van der Waals surface area contributed by atoms with Gasteiger partial charge >= 0.3 is 5.97 Å². The maximum Gasteiger partial charge on any atom is 0.310 e. The van der Waals surface area contributed by atoms with E-state index < -0.39 is 17.8 Å². The number of carbonyl (C=O) groups is 2. The van der Waals surface area contributed by atoms with E-state index in [9.17, 15) is 14.7 Å². The summed E-state index contributed by atoms with van der Waals surface area (Å²) in [5.41, 5.74) is 2.45. The molecule has 4 atom stereocenters. The summed E-state index contributed by atoms with van der Waals surface area (Å²) in [5, 5.41) is 9.46. The van der Waals surface area contributed by atoms with Crippen molar-refractivity contribution >= 4 is 11.9 Å². The van der Waals surface area contributed by atoms with Gasteiger partial charge in [-0.05, 0) is 30.4 Å². The molecule has 1 aromatic carbocycles. The van der Waals surface area contributed by atoms with Crippen molar-refractivity contribution < 1.29 is 19.4 Å². The zero-order chi connectivity index (χ0) is 15.3. The number of carboxylic acids is 1. The van der Waals surface area contributed by atoms with Crippen molar-refractivity contribution in [3.05, 3.63) is 35.4 Å². The first kappa shape index (κ1) is 13.8. The Bertz CT molecular complexity index is 629. The van der Waals surface area contributed by atoms with Crippen LogP contribution in [0.2, 0.25) is 0 Å². The van der Waals surface area contributed by atoms with Crippen LogP contribution in [-0.4, -0.2) is 40.6 Å². The molecule has 1 aromatic rings. The molecule has 3 heterocycles. The highest BCUT2D eigenvalue weighted by atomic mass is 16.5. The number of nitrogens with zero attached hydrogens (tertiary/aromatic N) is 1. The van der Waals surface area contributed by atoms with E-state index in [0.29, 0.717) is 13.1 Å². The van der Waals surface area contributed by atoms with Gasteiger partial charge in [-0.25, -0.2) is 0 Å². The second kappa shape index (κ2) is 5.09. The van der Waals surface area contributed by atoms with Crippen molar-refractivity contribution in [2.75, 3.05) is 6.54 Å². The standard InChI is InChI=1S/C17H19NO4/c19-16(14-12-5-6-13(22-12)15(14)17(20)21)18-8-7-10-3-1-2-4-11(10)9-18/h1-4,12-15H,5-9H2,(H,20,21)/t12-,13-,14+,15-/m1/s1. The zero-order valence-electron chi connectivity index (χ0n) is 12.3. The number of hydrogen-bond donors (Lipinski definition) is 1. The molecule has 0 radical (unpaired) electrons. The van der Waals surface area contributed by atoms with Crippen molar-refractivity contribution in [3.63, 3.8) is 0 Å². The van der Waals surface area contributed by atoms with Crippen molar-refractivity contribution in [2.45, 2.75) is 38.0 Å². The normalized spacial score (nSPS) is 32.8. The molecule has 5 heteroatoms. The van der Waals surface area contributed by atoms with E-state index >= 15 is 0 Å². The van der Waals surface area contributed by atoms with Gasteiger partial charge in [-0.3, -0.25) is 9.59 Å². The van der Waals surface area contributed by atoms with Crippen LogP contribution in [-0.2, 0) is 27.3 Å². The highest BCUT2D eigenvalue weighted by Gasteiger charge is 2.56. The molecule has 0 aliphatic carbocycles. The minimum Gasteiger partial charge on any atom is -0.481 e. The molecular formula is C17H19NO4. The molecule has 22 heavy (non-hydrogen) atoms. The minimum absolute atomic E-state index is 0.0471. The Morgan fingerprint density at radius 3 is 2.50 bits per heavy atom. The van der Waals surface area contributed by atoms with Gasteiger partial charge in [0.2, 0.25) is 5.91 Å². The number of carbonyl (C=O) groups excluding carboxylic acids is 1. The van der Waals surface area contributed by atoms with Gasteiger partial charge in [0.1, 0.15) is 0 Å². The van der Waals surface area contributed by atoms with Crippen molar-refractivity contribution in [3.8, 4) is 0 Å². The summed E-state index contributed by atoms with van der Waals surface area (Å²) < 4.78 is 5.71. The fourth-order valence-corrected chi connectivity index (χ4v) is 4.20. The lowest BCUT2D eigenvalue weighted by molar-refractivity contribution is -0.151. The van der Waals surface area contributed by atoms with Crippen LogP contribution in [0.25, 0.3) is 0 Å². The van der Waals surface area contributed by atoms with E-state index in [1.165, 1.54) is 5.56 Å². The van der Waals surface area contributed by atoms with Gasteiger partial charge in [-0.2, -0.15) is 0 Å². The second-order valence-corrected chi connectivity index (χ2v) is 6.46. The summed E-state index contributed by atoms with van der Waals surface area (Å²) in [6, 6.07) is 8.13. The topological polar surface area (TPSA) is 66.8 Å². The Labute approximate surface area is 128 Å². The second-order valence-electron chi connectivity index (χ2n) is 6.46. The van der Waals surface area contributed by atoms with E-state index in [0.717, 1.165) is 24.8 Å². The van der Waals surface area contributed by atoms with Gasteiger partial charge in [-0.15, -0.1) is 0 Å². The molecule has 3 aliphatic heterocycles. The van der Waals surface area contributed by atoms with E-state index in [2.05, 4.69) is 6.07 Å². The van der Waals surface area contributed by atoms with Crippen LogP contribution >= 0.6 is 0 Å². The molecule has 2 bridgehead atoms. The third kappa shape index (κ3) is 2.03. The Morgan fingerprint density at radius 1 is 1.09 bits per heavy atom. The lowest BCUT2D eigenvalue weighted by atomic mass is 9.78. The lowest BCUT2D eigenvalue weighted by Gasteiger charge is -2.34. The average Bonchev–Trinajstić information content (AvgIpc) is 3.14. The monoisotopic (exact) mass is 301 g/mol. The molecule has 116 valence electrons. The van der Waals surface area contributed by atoms with E-state index in [1.807, 2.05) is 23.1 Å². The molecule has 4 rings (SSSR count). The fraction of sp³-hybridized carbons (Fsp3) is 0.529. The van der Waals surface area contributed by atoms with E-state index in [4.69, 9.17) is 4.74 Å². The number of amides is 1. The van der Waals surface area contributed by atoms with Crippen LogP contribution in [0.3, 0.4) is 0 Å². The SMILES string of the molecule is O=C(O)[C@H]1[C@@H](C(=O)N2CCc3ccccc3C2)[C@H]2CC[C@H]1O2. The molecule has 2 saturated heterocycles. The summed E-state index contributed by atoms with van der Waals surface area (Å²) >= 11 is 0. The van der Waals surface area contributed by atoms with Crippen LogP contribution in [0.4, 0.5) is 0 Å². The van der Waals surface area contributed by atoms with Crippen molar-refractivity contribution in [1.82, 2.24) is 4.90 Å². The highest BCUT2D eigenvalue weighted by molar-refractivity contribution is 5.86. The molecule has 2 fully saturated rings. The van der Waals surface area contributed by atoms with Crippen LogP contribution in [0.1, 0.15) is 24.0 Å². The maximum atomic E-state index is 12.9. The first-order chi connectivity index (χ1) is 10.6. The van der Waals surface area contributed by atoms with Crippen molar-refractivity contribution in [2.24, 2.45) is 11.8 Å². The predicted octanol–water partition coefficient (Wildman–Crippen LogP) is 1.45. The van der Waals surface area contributed by atoms with Crippen LogP contribution in [0.15, 0.2) is 24.3 Å². The zero-order valence-corrected chi connectivity index (χ0v) is 12.3. The van der Waals surface area contributed by atoms with Crippen LogP contribution in [0.5, 0.6) is 0 Å². The van der Waals surface area contributed by atoms with Gasteiger partial charge in [-0.1, -0.05) is 24.3 Å². The Hall–Kier alpha value is -1.88. The summed E-state index contributed by atoms with van der Waals surface area (Å²) in [5.74, 6) is -2.14. The molecule has 0 aromatic heterocycles. The molecule has 5 nitrogen and oxygen atoms in total. The quantitative estimate of drug-likeness (QED) is 0.898. The molecule has 1 amide bonds. The van der Waals surface area contributed by atoms with Crippen LogP contribution in [0, 0.1) is 11.8 Å². The molecular weight excluding hydrogens is 282 g/mol. The average molecular weight is 301 g/mol. The van der Waals surface area contributed by atoms with Gasteiger partial charge in [0.05, 0.1) is 24.0 Å². The fourth-order valence-electron chi connectivity index (χ4n) is 4.20. The number of ether oxygens (including phenoxy) is 1. The number of rotatable bonds is 2. The molecule has 3 aliphatic rings. The Morgan fingerprint density at radius 2 is 1.77 bits per heavy atom. The predicted molar refractivity (Wildman–Crippen MR) is 78.1 cm³/mol. The summed E-state index contributed by atoms with van der Waals surface area (Å²) in [6.07, 6.45) is 1.90. The number of carboxylic acid groups (broad SMARTS) is 1. The maximum absolute atomic E-state index is 12.9. The summed E-state index contributed by atoms with van der Waals surface area (Å²) in [4.78, 5) is 26.2. The van der Waals surface area contributed by atoms with Gasteiger partial charge < -0.3 is 14.7 Å². The molecule has 1 N–H and O–H groups in total. The first-order valence-corrected chi connectivity index (χ1v) is 7.89. The van der Waals surface area contributed by atoms with E-state index in [-0.39, 0.29) is 18.1 Å². The third-order valence-electron chi connectivity index (χ3n) is 5.29. The van der Waals surface area contributed by atoms with Gasteiger partial charge in [0.25, 0.3) is 0 Å². The Balaban J connectivity index is 1.56. The number of benzene rings is 1. The van der Waals surface area contributed by atoms with E-state index in [1.54, 1.807) is 0 Å². The lowest BCUT2D eigenvalue weighted by Crippen LogP contribution is -2.47. The van der Waals surface area contributed by atoms with Gasteiger partial charge in [0, 0.05) is 13.1 Å². The molecule has 0 spiro atoms. The first-order valence-electron chi connectivity index (χ1n) is 7.89. The largest absolute Gasteiger partial charge is 0.481 e. The highest BCUT2D eigenvalue weighted by Crippen LogP contribution is 2.44. The molecule has 0 saturated carbocycles. The Kier molecular flexibility index (Phi) is 3.18.